The SMILES string of the molecule is CCOC(=O)[C@H]1CCCCN1CC(=O)Nc1nc2ccccc2[nH]1. The van der Waals surface area contributed by atoms with Gasteiger partial charge in [-0.25, -0.2) is 4.98 Å². The van der Waals surface area contributed by atoms with E-state index in [9.17, 15) is 9.59 Å². The largest absolute Gasteiger partial charge is 0.465 e. The van der Waals surface area contributed by atoms with E-state index in [1.165, 1.54) is 0 Å². The third-order valence-electron chi connectivity index (χ3n) is 4.17. The van der Waals surface area contributed by atoms with Crippen molar-refractivity contribution in [3.8, 4) is 0 Å². The molecule has 7 nitrogen and oxygen atoms in total. The second kappa shape index (κ2) is 7.44. The lowest BCUT2D eigenvalue weighted by Gasteiger charge is -2.33. The third-order valence-corrected chi connectivity index (χ3v) is 4.17. The fourth-order valence-electron chi connectivity index (χ4n) is 3.05. The number of benzene rings is 1. The highest BCUT2D eigenvalue weighted by Crippen LogP contribution is 2.18. The van der Waals surface area contributed by atoms with Crippen molar-refractivity contribution >= 4 is 28.9 Å². The second-order valence-electron chi connectivity index (χ2n) is 5.88. The third kappa shape index (κ3) is 3.73. The topological polar surface area (TPSA) is 87.3 Å². The molecule has 128 valence electrons. The Balaban J connectivity index is 1.63. The molecule has 0 radical (unpaired) electrons. The first kappa shape index (κ1) is 16.4. The lowest BCUT2D eigenvalue weighted by Crippen LogP contribution is -2.48. The first-order valence-electron chi connectivity index (χ1n) is 8.32. The van der Waals surface area contributed by atoms with Gasteiger partial charge in [0.25, 0.3) is 0 Å². The van der Waals surface area contributed by atoms with Gasteiger partial charge in [-0.15, -0.1) is 0 Å². The number of ether oxygens (including phenoxy) is 1. The Hall–Kier alpha value is -2.41. The molecule has 3 rings (SSSR count). The number of para-hydroxylation sites is 2. The minimum atomic E-state index is -0.333. The number of amides is 1. The highest BCUT2D eigenvalue weighted by atomic mass is 16.5. The average Bonchev–Trinajstić information content (AvgIpc) is 2.97. The number of hydrogen-bond acceptors (Lipinski definition) is 5. The molecule has 1 aliphatic heterocycles. The molecule has 0 aliphatic carbocycles. The summed E-state index contributed by atoms with van der Waals surface area (Å²) in [7, 11) is 0. The number of anilines is 1. The summed E-state index contributed by atoms with van der Waals surface area (Å²) in [5.41, 5.74) is 1.67. The molecule has 2 N–H and O–H groups in total. The maximum atomic E-state index is 12.3. The van der Waals surface area contributed by atoms with Gasteiger partial charge in [0.2, 0.25) is 11.9 Å². The van der Waals surface area contributed by atoms with Crippen LogP contribution in [0.5, 0.6) is 0 Å². The molecule has 0 unspecified atom stereocenters. The molecule has 2 heterocycles. The molecule has 1 atom stereocenters. The Morgan fingerprint density at radius 2 is 2.21 bits per heavy atom. The van der Waals surface area contributed by atoms with E-state index < -0.39 is 0 Å². The van der Waals surface area contributed by atoms with Crippen LogP contribution in [0.3, 0.4) is 0 Å². The Labute approximate surface area is 140 Å². The zero-order valence-corrected chi connectivity index (χ0v) is 13.7. The van der Waals surface area contributed by atoms with E-state index in [2.05, 4.69) is 15.3 Å². The lowest BCUT2D eigenvalue weighted by molar-refractivity contribution is -0.151. The van der Waals surface area contributed by atoms with Crippen molar-refractivity contribution in [3.05, 3.63) is 24.3 Å². The molecule has 2 aromatic rings. The van der Waals surface area contributed by atoms with Crippen molar-refractivity contribution in [1.82, 2.24) is 14.9 Å². The molecule has 0 spiro atoms. The van der Waals surface area contributed by atoms with Gasteiger partial charge in [0.1, 0.15) is 6.04 Å². The van der Waals surface area contributed by atoms with Gasteiger partial charge in [0, 0.05) is 0 Å². The van der Waals surface area contributed by atoms with E-state index in [1.54, 1.807) is 6.92 Å². The van der Waals surface area contributed by atoms with Gasteiger partial charge in [0.05, 0.1) is 24.2 Å². The van der Waals surface area contributed by atoms with Crippen molar-refractivity contribution in [2.24, 2.45) is 0 Å². The molecule has 0 bridgehead atoms. The first-order chi connectivity index (χ1) is 11.7. The van der Waals surface area contributed by atoms with Crippen LogP contribution in [0.15, 0.2) is 24.3 Å². The van der Waals surface area contributed by atoms with Crippen LogP contribution in [0.25, 0.3) is 11.0 Å². The molecule has 1 aliphatic rings. The zero-order chi connectivity index (χ0) is 16.9. The van der Waals surface area contributed by atoms with E-state index in [-0.39, 0.29) is 24.5 Å². The number of imidazole rings is 1. The van der Waals surface area contributed by atoms with E-state index in [0.717, 1.165) is 36.8 Å². The van der Waals surface area contributed by atoms with E-state index in [1.807, 2.05) is 29.2 Å². The Morgan fingerprint density at radius 1 is 1.38 bits per heavy atom. The van der Waals surface area contributed by atoms with Crippen LogP contribution in [0.1, 0.15) is 26.2 Å². The minimum absolute atomic E-state index is 0.153. The van der Waals surface area contributed by atoms with Crippen LogP contribution in [0.2, 0.25) is 0 Å². The highest BCUT2D eigenvalue weighted by Gasteiger charge is 2.31. The van der Waals surface area contributed by atoms with Crippen LogP contribution in [0.4, 0.5) is 5.95 Å². The fraction of sp³-hybridized carbons (Fsp3) is 0.471. The molecule has 1 amide bonds. The normalized spacial score (nSPS) is 18.5. The number of hydrogen-bond donors (Lipinski definition) is 2. The maximum Gasteiger partial charge on any atom is 0.323 e. The number of likely N-dealkylation sites (tertiary alicyclic amines) is 1. The van der Waals surface area contributed by atoms with Gasteiger partial charge in [-0.3, -0.25) is 19.8 Å². The molecular weight excluding hydrogens is 308 g/mol. The number of carbonyl (C=O) groups is 2. The number of carbonyl (C=O) groups excluding carboxylic acids is 2. The van der Waals surface area contributed by atoms with Crippen LogP contribution in [-0.4, -0.2) is 52.5 Å². The number of fused-ring (bicyclic) bond motifs is 1. The predicted molar refractivity (Wildman–Crippen MR) is 90.6 cm³/mol. The van der Waals surface area contributed by atoms with Crippen LogP contribution < -0.4 is 5.32 Å². The van der Waals surface area contributed by atoms with E-state index in [0.29, 0.717) is 12.6 Å². The van der Waals surface area contributed by atoms with Crippen molar-refractivity contribution in [2.45, 2.75) is 32.2 Å². The van der Waals surface area contributed by atoms with Gasteiger partial charge in [-0.05, 0) is 38.4 Å². The quantitative estimate of drug-likeness (QED) is 0.818. The fourth-order valence-corrected chi connectivity index (χ4v) is 3.05. The van der Waals surface area contributed by atoms with Gasteiger partial charge in [-0.1, -0.05) is 18.6 Å². The van der Waals surface area contributed by atoms with Gasteiger partial charge in [0.15, 0.2) is 0 Å². The monoisotopic (exact) mass is 330 g/mol. The first-order valence-corrected chi connectivity index (χ1v) is 8.32. The molecule has 1 fully saturated rings. The zero-order valence-electron chi connectivity index (χ0n) is 13.7. The number of H-pyrrole nitrogens is 1. The number of esters is 1. The number of piperidine rings is 1. The number of aromatic nitrogens is 2. The second-order valence-corrected chi connectivity index (χ2v) is 5.88. The molecular formula is C17H22N4O3. The van der Waals surface area contributed by atoms with Gasteiger partial charge >= 0.3 is 5.97 Å². The summed E-state index contributed by atoms with van der Waals surface area (Å²) in [6.45, 7) is 3.02. The molecule has 1 aromatic heterocycles. The Bertz CT molecular complexity index is 694. The summed E-state index contributed by atoms with van der Waals surface area (Å²) in [5.74, 6) is -0.00936. The average molecular weight is 330 g/mol. The predicted octanol–water partition coefficient (Wildman–Crippen LogP) is 1.92. The molecule has 24 heavy (non-hydrogen) atoms. The number of nitrogens with zero attached hydrogens (tertiary/aromatic N) is 2. The van der Waals surface area contributed by atoms with Gasteiger partial charge < -0.3 is 9.72 Å². The van der Waals surface area contributed by atoms with Crippen molar-refractivity contribution < 1.29 is 14.3 Å². The summed E-state index contributed by atoms with van der Waals surface area (Å²) >= 11 is 0. The molecule has 1 aromatic carbocycles. The lowest BCUT2D eigenvalue weighted by atomic mass is 10.0. The van der Waals surface area contributed by atoms with Crippen molar-refractivity contribution in [3.63, 3.8) is 0 Å². The maximum absolute atomic E-state index is 12.3. The van der Waals surface area contributed by atoms with Gasteiger partial charge in [-0.2, -0.15) is 0 Å². The van der Waals surface area contributed by atoms with E-state index in [4.69, 9.17) is 4.74 Å². The number of aromatic amines is 1. The summed E-state index contributed by atoms with van der Waals surface area (Å²) < 4.78 is 5.12. The van der Waals surface area contributed by atoms with Crippen molar-refractivity contribution in [2.75, 3.05) is 25.0 Å². The summed E-state index contributed by atoms with van der Waals surface area (Å²) in [4.78, 5) is 33.7. The molecule has 7 heteroatoms. The Kier molecular flexibility index (Phi) is 5.10. The summed E-state index contributed by atoms with van der Waals surface area (Å²) in [6.07, 6.45) is 2.69. The minimum Gasteiger partial charge on any atom is -0.465 e. The summed E-state index contributed by atoms with van der Waals surface area (Å²) in [5, 5.41) is 2.77. The van der Waals surface area contributed by atoms with Crippen LogP contribution >= 0.6 is 0 Å². The smallest absolute Gasteiger partial charge is 0.323 e. The Morgan fingerprint density at radius 3 is 3.00 bits per heavy atom. The molecule has 0 saturated carbocycles. The number of rotatable bonds is 5. The van der Waals surface area contributed by atoms with Crippen molar-refractivity contribution in [1.29, 1.82) is 0 Å². The highest BCUT2D eigenvalue weighted by molar-refractivity contribution is 5.92. The molecule has 1 saturated heterocycles. The number of nitrogens with one attached hydrogen (secondary N) is 2. The summed E-state index contributed by atoms with van der Waals surface area (Å²) in [6, 6.07) is 7.25. The standard InChI is InChI=1S/C17H22N4O3/c1-2-24-16(23)14-9-5-6-10-21(14)11-15(22)20-17-18-12-7-3-4-8-13(12)19-17/h3-4,7-8,14H,2,5-6,9-11H2,1H3,(H2,18,19,20,22)/t14-/m1/s1. The van der Waals surface area contributed by atoms with Crippen LogP contribution in [0, 0.1) is 0 Å². The van der Waals surface area contributed by atoms with Crippen LogP contribution in [-0.2, 0) is 14.3 Å². The van der Waals surface area contributed by atoms with E-state index >= 15 is 0 Å².